The van der Waals surface area contributed by atoms with Crippen LogP contribution in [0, 0.1) is 0 Å². The summed E-state index contributed by atoms with van der Waals surface area (Å²) in [6.45, 7) is 6.44. The second-order valence-corrected chi connectivity index (χ2v) is 5.91. The van der Waals surface area contributed by atoms with Crippen molar-refractivity contribution >= 4 is 0 Å². The number of piperidine rings is 1. The Kier molecular flexibility index (Phi) is 6.33. The van der Waals surface area contributed by atoms with Gasteiger partial charge in [-0.15, -0.1) is 0 Å². The Hall–Kier alpha value is -1.26. The number of methoxy groups -OCH3 is 1. The van der Waals surface area contributed by atoms with E-state index in [2.05, 4.69) is 17.1 Å². The molecule has 0 saturated carbocycles. The average molecular weight is 292 g/mol. The van der Waals surface area contributed by atoms with Gasteiger partial charge >= 0.3 is 0 Å². The number of likely N-dealkylation sites (tertiary alicyclic amines) is 1. The van der Waals surface area contributed by atoms with Gasteiger partial charge in [-0.3, -0.25) is 0 Å². The van der Waals surface area contributed by atoms with Crippen LogP contribution >= 0.6 is 0 Å². The van der Waals surface area contributed by atoms with E-state index in [9.17, 15) is 5.11 Å². The van der Waals surface area contributed by atoms with Crippen molar-refractivity contribution in [2.45, 2.75) is 45.2 Å². The first kappa shape index (κ1) is 16.1. The number of nitrogens with one attached hydrogen (secondary N) is 1. The Morgan fingerprint density at radius 3 is 2.95 bits per heavy atom. The van der Waals surface area contributed by atoms with Gasteiger partial charge in [0.2, 0.25) is 0 Å². The van der Waals surface area contributed by atoms with Gasteiger partial charge in [0.25, 0.3) is 0 Å². The van der Waals surface area contributed by atoms with Crippen LogP contribution in [0.1, 0.15) is 38.2 Å². The predicted octanol–water partition coefficient (Wildman–Crippen LogP) is 2.75. The molecule has 0 aliphatic carbocycles. The maximum Gasteiger partial charge on any atom is 0.123 e. The van der Waals surface area contributed by atoms with Crippen LogP contribution in [0.4, 0.5) is 0 Å². The third-order valence-electron chi connectivity index (χ3n) is 4.35. The fraction of sp³-hybridized carbons (Fsp3) is 0.647. The van der Waals surface area contributed by atoms with Crippen LogP contribution in [0.15, 0.2) is 18.2 Å². The van der Waals surface area contributed by atoms with Crippen molar-refractivity contribution in [3.05, 3.63) is 23.8 Å². The zero-order chi connectivity index (χ0) is 15.1. The molecule has 4 nitrogen and oxygen atoms in total. The molecule has 4 heteroatoms. The molecule has 0 aromatic heterocycles. The van der Waals surface area contributed by atoms with Gasteiger partial charge in [-0.25, -0.2) is 0 Å². The molecule has 1 aromatic rings. The lowest BCUT2D eigenvalue weighted by atomic mass is 10.0. The molecule has 1 aliphatic rings. The van der Waals surface area contributed by atoms with Crippen LogP contribution < -0.4 is 10.1 Å². The molecule has 1 atom stereocenters. The summed E-state index contributed by atoms with van der Waals surface area (Å²) in [5, 5.41) is 13.3. The molecular formula is C17H28N2O2. The summed E-state index contributed by atoms with van der Waals surface area (Å²) in [7, 11) is 1.61. The average Bonchev–Trinajstić information content (AvgIpc) is 2.50. The van der Waals surface area contributed by atoms with Gasteiger partial charge in [-0.1, -0.05) is 12.5 Å². The van der Waals surface area contributed by atoms with Gasteiger partial charge in [0, 0.05) is 24.2 Å². The summed E-state index contributed by atoms with van der Waals surface area (Å²) >= 11 is 0. The second kappa shape index (κ2) is 8.25. The molecule has 2 N–H and O–H groups in total. The van der Waals surface area contributed by atoms with E-state index in [-0.39, 0.29) is 0 Å². The van der Waals surface area contributed by atoms with Gasteiger partial charge in [0.15, 0.2) is 0 Å². The largest absolute Gasteiger partial charge is 0.507 e. The summed E-state index contributed by atoms with van der Waals surface area (Å²) in [4.78, 5) is 2.59. The molecule has 1 heterocycles. The molecule has 1 fully saturated rings. The number of nitrogens with zero attached hydrogens (tertiary/aromatic N) is 1. The summed E-state index contributed by atoms with van der Waals surface area (Å²) in [5.74, 6) is 0.988. The highest BCUT2D eigenvalue weighted by atomic mass is 16.5. The number of phenols is 1. The number of benzene rings is 1. The van der Waals surface area contributed by atoms with Crippen LogP contribution in [-0.2, 0) is 6.54 Å². The van der Waals surface area contributed by atoms with Crippen molar-refractivity contribution in [3.63, 3.8) is 0 Å². The van der Waals surface area contributed by atoms with E-state index in [0.717, 1.165) is 24.6 Å². The molecule has 21 heavy (non-hydrogen) atoms. The van der Waals surface area contributed by atoms with E-state index in [1.807, 2.05) is 12.1 Å². The van der Waals surface area contributed by atoms with Crippen LogP contribution in [0.25, 0.3) is 0 Å². The highest BCUT2D eigenvalue weighted by Crippen LogP contribution is 2.23. The Morgan fingerprint density at radius 1 is 1.38 bits per heavy atom. The first-order valence-electron chi connectivity index (χ1n) is 8.01. The van der Waals surface area contributed by atoms with Gasteiger partial charge in [0.05, 0.1) is 7.11 Å². The molecule has 2 rings (SSSR count). The fourth-order valence-corrected chi connectivity index (χ4v) is 2.94. The van der Waals surface area contributed by atoms with E-state index < -0.39 is 0 Å². The lowest BCUT2D eigenvalue weighted by Crippen LogP contribution is -2.38. The minimum Gasteiger partial charge on any atom is -0.507 e. The number of phenolic OH excluding ortho intramolecular Hbond substituents is 1. The van der Waals surface area contributed by atoms with E-state index in [0.29, 0.717) is 18.0 Å². The molecule has 1 unspecified atom stereocenters. The standard InChI is InChI=1S/C17H28N2O2/c1-14-6-3-4-10-19(14)11-5-9-18-13-15-7-8-16(21-2)12-17(15)20/h7-8,12,14,18,20H,3-6,9-11,13H2,1-2H3. The zero-order valence-corrected chi connectivity index (χ0v) is 13.3. The molecule has 118 valence electrons. The summed E-state index contributed by atoms with van der Waals surface area (Å²) < 4.78 is 5.08. The molecule has 1 saturated heterocycles. The first-order valence-corrected chi connectivity index (χ1v) is 8.01. The Bertz CT molecular complexity index is 437. The number of ether oxygens (including phenoxy) is 1. The van der Waals surface area contributed by atoms with Gasteiger partial charge in [-0.05, 0) is 51.9 Å². The van der Waals surface area contributed by atoms with Crippen LogP contribution in [-0.4, -0.2) is 42.8 Å². The van der Waals surface area contributed by atoms with Crippen LogP contribution in [0.3, 0.4) is 0 Å². The molecule has 0 radical (unpaired) electrons. The number of hydrogen-bond donors (Lipinski definition) is 2. The topological polar surface area (TPSA) is 44.7 Å². The van der Waals surface area contributed by atoms with Crippen LogP contribution in [0.5, 0.6) is 11.5 Å². The SMILES string of the molecule is COc1ccc(CNCCCN2CCCCC2C)c(O)c1. The quantitative estimate of drug-likeness (QED) is 0.759. The minimum absolute atomic E-state index is 0.298. The van der Waals surface area contributed by atoms with Crippen molar-refractivity contribution in [1.29, 1.82) is 0 Å². The monoisotopic (exact) mass is 292 g/mol. The highest BCUT2D eigenvalue weighted by molar-refractivity contribution is 5.39. The number of hydrogen-bond acceptors (Lipinski definition) is 4. The Morgan fingerprint density at radius 2 is 2.24 bits per heavy atom. The minimum atomic E-state index is 0.298. The maximum absolute atomic E-state index is 9.89. The highest BCUT2D eigenvalue weighted by Gasteiger charge is 2.16. The molecule has 1 aromatic carbocycles. The van der Waals surface area contributed by atoms with E-state index in [1.54, 1.807) is 13.2 Å². The van der Waals surface area contributed by atoms with Crippen molar-refractivity contribution in [2.75, 3.05) is 26.7 Å². The zero-order valence-electron chi connectivity index (χ0n) is 13.3. The molecule has 0 bridgehead atoms. The van der Waals surface area contributed by atoms with E-state index in [4.69, 9.17) is 4.74 Å². The van der Waals surface area contributed by atoms with E-state index in [1.165, 1.54) is 32.4 Å². The molecule has 0 amide bonds. The Labute approximate surface area is 128 Å². The number of aromatic hydroxyl groups is 1. The van der Waals surface area contributed by atoms with Crippen LogP contribution in [0.2, 0.25) is 0 Å². The van der Waals surface area contributed by atoms with Crippen molar-refractivity contribution in [3.8, 4) is 11.5 Å². The summed E-state index contributed by atoms with van der Waals surface area (Å²) in [5.41, 5.74) is 0.919. The molecule has 1 aliphatic heterocycles. The summed E-state index contributed by atoms with van der Waals surface area (Å²) in [6.07, 6.45) is 5.22. The van der Waals surface area contributed by atoms with Gasteiger partial charge in [0.1, 0.15) is 11.5 Å². The molecular weight excluding hydrogens is 264 g/mol. The second-order valence-electron chi connectivity index (χ2n) is 5.91. The predicted molar refractivity (Wildman–Crippen MR) is 85.9 cm³/mol. The smallest absolute Gasteiger partial charge is 0.123 e. The first-order chi connectivity index (χ1) is 10.2. The summed E-state index contributed by atoms with van der Waals surface area (Å²) in [6, 6.07) is 6.19. The lowest BCUT2D eigenvalue weighted by Gasteiger charge is -2.33. The van der Waals surface area contributed by atoms with Crippen molar-refractivity contribution in [2.24, 2.45) is 0 Å². The third-order valence-corrected chi connectivity index (χ3v) is 4.35. The molecule has 0 spiro atoms. The lowest BCUT2D eigenvalue weighted by molar-refractivity contribution is 0.159. The fourth-order valence-electron chi connectivity index (χ4n) is 2.94. The van der Waals surface area contributed by atoms with Crippen molar-refractivity contribution in [1.82, 2.24) is 10.2 Å². The van der Waals surface area contributed by atoms with E-state index >= 15 is 0 Å². The third kappa shape index (κ3) is 4.90. The number of rotatable bonds is 7. The maximum atomic E-state index is 9.89. The van der Waals surface area contributed by atoms with Gasteiger partial charge in [-0.2, -0.15) is 0 Å². The van der Waals surface area contributed by atoms with Crippen molar-refractivity contribution < 1.29 is 9.84 Å². The van der Waals surface area contributed by atoms with Gasteiger partial charge < -0.3 is 20.1 Å². The Balaban J connectivity index is 1.65. The normalized spacial score (nSPS) is 19.6.